The molecule has 0 atom stereocenters. The zero-order valence-corrected chi connectivity index (χ0v) is 8.87. The Balaban J connectivity index is 2.19. The molecule has 0 saturated carbocycles. The molecule has 1 heteroatoms. The maximum atomic E-state index is 2.45. The molecule has 1 nitrogen and oxygen atoms in total. The number of aryl methyl sites for hydroxylation is 1. The van der Waals surface area contributed by atoms with Crippen molar-refractivity contribution in [2.24, 2.45) is 0 Å². The molecule has 1 aliphatic heterocycles. The maximum Gasteiger partial charge on any atom is 0.170 e. The molecule has 1 aliphatic rings. The molecule has 1 aromatic rings. The molecule has 0 bridgehead atoms. The summed E-state index contributed by atoms with van der Waals surface area (Å²) >= 11 is 0. The van der Waals surface area contributed by atoms with Crippen molar-refractivity contribution in [2.75, 3.05) is 13.1 Å². The number of rotatable bonds is 1. The van der Waals surface area contributed by atoms with Crippen LogP contribution in [-0.4, -0.2) is 23.9 Å². The highest BCUT2D eigenvalue weighted by molar-refractivity contribution is 5.77. The van der Waals surface area contributed by atoms with E-state index < -0.39 is 0 Å². The molecule has 0 spiro atoms. The van der Waals surface area contributed by atoms with Crippen LogP contribution in [0.4, 0.5) is 0 Å². The first-order valence-corrected chi connectivity index (χ1v) is 5.51. The Morgan fingerprint density at radius 1 is 1.07 bits per heavy atom. The number of nitrogens with zero attached hydrogens (tertiary/aromatic N) is 1. The first kappa shape index (κ1) is 9.45. The third kappa shape index (κ3) is 2.22. The van der Waals surface area contributed by atoms with E-state index >= 15 is 0 Å². The van der Waals surface area contributed by atoms with Crippen molar-refractivity contribution in [1.82, 2.24) is 0 Å². The van der Waals surface area contributed by atoms with Gasteiger partial charge in [-0.15, -0.1) is 0 Å². The third-order valence-corrected chi connectivity index (χ3v) is 2.90. The molecule has 74 valence electrons. The average molecular weight is 188 g/mol. The first-order chi connectivity index (χ1) is 6.86. The minimum absolute atomic E-state index is 1.23. The van der Waals surface area contributed by atoms with Gasteiger partial charge in [0.2, 0.25) is 0 Å². The molecule has 0 radical (unpaired) electrons. The summed E-state index contributed by atoms with van der Waals surface area (Å²) in [5, 5.41) is 0. The van der Waals surface area contributed by atoms with Crippen LogP contribution in [0.15, 0.2) is 24.3 Å². The van der Waals surface area contributed by atoms with Gasteiger partial charge in [0.05, 0.1) is 0 Å². The van der Waals surface area contributed by atoms with Crippen LogP contribution in [0.2, 0.25) is 0 Å². The van der Waals surface area contributed by atoms with Gasteiger partial charge in [-0.05, 0) is 25.0 Å². The van der Waals surface area contributed by atoms with E-state index in [2.05, 4.69) is 42.0 Å². The fraction of sp³-hybridized carbons (Fsp3) is 0.462. The highest BCUT2D eigenvalue weighted by atomic mass is 15.0. The Morgan fingerprint density at radius 3 is 2.50 bits per heavy atom. The number of piperidine rings is 1. The lowest BCUT2D eigenvalue weighted by Crippen LogP contribution is -2.21. The van der Waals surface area contributed by atoms with E-state index in [-0.39, 0.29) is 0 Å². The SMILES string of the molecule is Cc1ccccc1C=[N+]1CCCCC1. The molecular weight excluding hydrogens is 170 g/mol. The lowest BCUT2D eigenvalue weighted by Gasteiger charge is -2.09. The van der Waals surface area contributed by atoms with E-state index in [0.717, 1.165) is 0 Å². The van der Waals surface area contributed by atoms with Crippen LogP contribution in [0, 0.1) is 6.92 Å². The molecule has 0 unspecified atom stereocenters. The zero-order chi connectivity index (χ0) is 9.80. The summed E-state index contributed by atoms with van der Waals surface area (Å²) < 4.78 is 2.45. The topological polar surface area (TPSA) is 3.01 Å². The molecule has 0 aliphatic carbocycles. The number of benzene rings is 1. The van der Waals surface area contributed by atoms with Crippen molar-refractivity contribution in [2.45, 2.75) is 26.2 Å². The molecule has 14 heavy (non-hydrogen) atoms. The van der Waals surface area contributed by atoms with Crippen molar-refractivity contribution in [3.05, 3.63) is 35.4 Å². The van der Waals surface area contributed by atoms with E-state index in [9.17, 15) is 0 Å². The van der Waals surface area contributed by atoms with Crippen LogP contribution in [0.5, 0.6) is 0 Å². The van der Waals surface area contributed by atoms with Gasteiger partial charge in [-0.25, -0.2) is 4.58 Å². The Morgan fingerprint density at radius 2 is 1.79 bits per heavy atom. The zero-order valence-electron chi connectivity index (χ0n) is 8.87. The summed E-state index contributed by atoms with van der Waals surface area (Å²) in [5.41, 5.74) is 2.74. The molecule has 0 aromatic heterocycles. The van der Waals surface area contributed by atoms with Crippen LogP contribution in [0.3, 0.4) is 0 Å². The van der Waals surface area contributed by atoms with Crippen LogP contribution >= 0.6 is 0 Å². The average Bonchev–Trinajstić information content (AvgIpc) is 2.23. The van der Waals surface area contributed by atoms with Crippen LogP contribution in [0.1, 0.15) is 30.4 Å². The molecule has 1 fully saturated rings. The van der Waals surface area contributed by atoms with Gasteiger partial charge in [-0.3, -0.25) is 0 Å². The largest absolute Gasteiger partial charge is 0.236 e. The normalized spacial score (nSPS) is 16.8. The van der Waals surface area contributed by atoms with Gasteiger partial charge in [0.1, 0.15) is 13.1 Å². The highest BCUT2D eigenvalue weighted by Gasteiger charge is 2.10. The number of hydrogen-bond acceptors (Lipinski definition) is 0. The van der Waals surface area contributed by atoms with Crippen molar-refractivity contribution in [3.8, 4) is 0 Å². The fourth-order valence-electron chi connectivity index (χ4n) is 1.98. The second-order valence-corrected chi connectivity index (χ2v) is 4.08. The van der Waals surface area contributed by atoms with Gasteiger partial charge in [-0.2, -0.15) is 0 Å². The number of hydrogen-bond donors (Lipinski definition) is 0. The second-order valence-electron chi connectivity index (χ2n) is 4.08. The summed E-state index contributed by atoms with van der Waals surface area (Å²) in [4.78, 5) is 0. The Labute approximate surface area is 86.1 Å². The molecule has 0 amide bonds. The minimum Gasteiger partial charge on any atom is -0.236 e. The minimum atomic E-state index is 1.23. The molecule has 1 heterocycles. The van der Waals surface area contributed by atoms with Gasteiger partial charge in [0.15, 0.2) is 6.21 Å². The molecular formula is C13H18N+. The molecule has 2 rings (SSSR count). The van der Waals surface area contributed by atoms with Crippen LogP contribution in [0.25, 0.3) is 0 Å². The molecule has 1 saturated heterocycles. The van der Waals surface area contributed by atoms with Crippen molar-refractivity contribution >= 4 is 6.21 Å². The Hall–Kier alpha value is -1.11. The van der Waals surface area contributed by atoms with E-state index in [1.807, 2.05) is 0 Å². The quantitative estimate of drug-likeness (QED) is 0.596. The van der Waals surface area contributed by atoms with Crippen molar-refractivity contribution in [1.29, 1.82) is 0 Å². The van der Waals surface area contributed by atoms with E-state index in [4.69, 9.17) is 0 Å². The van der Waals surface area contributed by atoms with Gasteiger partial charge < -0.3 is 0 Å². The second kappa shape index (κ2) is 4.41. The van der Waals surface area contributed by atoms with Gasteiger partial charge in [0, 0.05) is 18.4 Å². The first-order valence-electron chi connectivity index (χ1n) is 5.51. The molecule has 0 N–H and O–H groups in total. The molecule has 1 aromatic carbocycles. The summed E-state index contributed by atoms with van der Waals surface area (Å²) in [6.45, 7) is 4.64. The lowest BCUT2D eigenvalue weighted by atomic mass is 10.1. The summed E-state index contributed by atoms with van der Waals surface area (Å²) in [6, 6.07) is 8.59. The summed E-state index contributed by atoms with van der Waals surface area (Å²) in [6.07, 6.45) is 6.41. The highest BCUT2D eigenvalue weighted by Crippen LogP contribution is 2.07. The van der Waals surface area contributed by atoms with Crippen molar-refractivity contribution in [3.63, 3.8) is 0 Å². The van der Waals surface area contributed by atoms with Gasteiger partial charge in [-0.1, -0.05) is 18.2 Å². The smallest absolute Gasteiger partial charge is 0.170 e. The third-order valence-electron chi connectivity index (χ3n) is 2.90. The fourth-order valence-corrected chi connectivity index (χ4v) is 1.98. The van der Waals surface area contributed by atoms with Gasteiger partial charge in [0.25, 0.3) is 0 Å². The Bertz CT molecular complexity index is 331. The predicted octanol–water partition coefficient (Wildman–Crippen LogP) is 2.61. The standard InChI is InChI=1S/C13H18N/c1-12-7-3-4-8-13(12)11-14-9-5-2-6-10-14/h3-4,7-8,11H,2,5-6,9-10H2,1H3/q+1. The monoisotopic (exact) mass is 188 g/mol. The van der Waals surface area contributed by atoms with E-state index in [1.165, 1.54) is 43.5 Å². The lowest BCUT2D eigenvalue weighted by molar-refractivity contribution is -0.532. The Kier molecular flexibility index (Phi) is 2.97. The maximum absolute atomic E-state index is 2.45. The van der Waals surface area contributed by atoms with Gasteiger partial charge >= 0.3 is 0 Å². The summed E-state index contributed by atoms with van der Waals surface area (Å²) in [7, 11) is 0. The van der Waals surface area contributed by atoms with Crippen LogP contribution in [-0.2, 0) is 0 Å². The predicted molar refractivity (Wildman–Crippen MR) is 60.2 cm³/mol. The van der Waals surface area contributed by atoms with Crippen molar-refractivity contribution < 1.29 is 4.58 Å². The van der Waals surface area contributed by atoms with Crippen LogP contribution < -0.4 is 0 Å². The van der Waals surface area contributed by atoms with E-state index in [1.54, 1.807) is 0 Å². The van der Waals surface area contributed by atoms with E-state index in [0.29, 0.717) is 0 Å². The summed E-state index contributed by atoms with van der Waals surface area (Å²) in [5.74, 6) is 0.